The minimum absolute atomic E-state index is 0.0253. The summed E-state index contributed by atoms with van der Waals surface area (Å²) in [6.07, 6.45) is 2.58. The van der Waals surface area contributed by atoms with Crippen LogP contribution in [-0.2, 0) is 6.42 Å². The zero-order valence-corrected chi connectivity index (χ0v) is 9.25. The first-order valence-corrected chi connectivity index (χ1v) is 5.54. The van der Waals surface area contributed by atoms with E-state index < -0.39 is 5.92 Å². The molecular weight excluding hydrogens is 212 g/mol. The lowest BCUT2D eigenvalue weighted by Crippen LogP contribution is -2.38. The molecule has 88 valence electrons. The third-order valence-electron chi connectivity index (χ3n) is 2.85. The summed E-state index contributed by atoms with van der Waals surface area (Å²) in [4.78, 5) is 4.11. The predicted octanol–water partition coefficient (Wildman–Crippen LogP) is 3.07. The van der Waals surface area contributed by atoms with Crippen molar-refractivity contribution < 1.29 is 13.5 Å². The van der Waals surface area contributed by atoms with Gasteiger partial charge in [-0.1, -0.05) is 13.0 Å². The molecule has 0 aromatic carbocycles. The minimum atomic E-state index is -2.46. The fourth-order valence-corrected chi connectivity index (χ4v) is 1.81. The first-order valence-electron chi connectivity index (χ1n) is 5.54. The minimum Gasteiger partial charge on any atom is -0.477 e. The van der Waals surface area contributed by atoms with Crippen LogP contribution in [0.1, 0.15) is 25.3 Å². The lowest BCUT2D eigenvalue weighted by molar-refractivity contribution is -0.119. The maximum absolute atomic E-state index is 12.5. The highest BCUT2D eigenvalue weighted by Gasteiger charge is 2.45. The average molecular weight is 227 g/mol. The van der Waals surface area contributed by atoms with Crippen LogP contribution in [0.3, 0.4) is 0 Å². The van der Waals surface area contributed by atoms with Crippen LogP contribution in [-0.4, -0.2) is 17.5 Å². The third-order valence-corrected chi connectivity index (χ3v) is 2.85. The summed E-state index contributed by atoms with van der Waals surface area (Å²) < 4.78 is 30.4. The van der Waals surface area contributed by atoms with Gasteiger partial charge in [0, 0.05) is 31.0 Å². The predicted molar refractivity (Wildman–Crippen MR) is 56.8 cm³/mol. The van der Waals surface area contributed by atoms with E-state index in [0.717, 1.165) is 12.0 Å². The highest BCUT2D eigenvalue weighted by Crippen LogP contribution is 2.42. The van der Waals surface area contributed by atoms with Crippen LogP contribution in [0, 0.1) is 5.92 Å². The van der Waals surface area contributed by atoms with Gasteiger partial charge >= 0.3 is 0 Å². The molecule has 0 radical (unpaired) electrons. The monoisotopic (exact) mass is 227 g/mol. The van der Waals surface area contributed by atoms with Crippen molar-refractivity contribution in [3.8, 4) is 5.88 Å². The molecule has 0 unspecified atom stereocenters. The number of pyridine rings is 1. The van der Waals surface area contributed by atoms with Crippen molar-refractivity contribution in [2.24, 2.45) is 5.92 Å². The molecule has 0 spiro atoms. The number of nitrogens with zero attached hydrogens (tertiary/aromatic N) is 1. The number of halogens is 2. The fourth-order valence-electron chi connectivity index (χ4n) is 1.81. The average Bonchev–Trinajstić information content (AvgIpc) is 2.24. The Morgan fingerprint density at radius 3 is 2.69 bits per heavy atom. The number of alkyl halides is 2. The van der Waals surface area contributed by atoms with E-state index in [1.165, 1.54) is 0 Å². The lowest BCUT2D eigenvalue weighted by Gasteiger charge is -2.34. The van der Waals surface area contributed by atoms with Crippen molar-refractivity contribution in [1.82, 2.24) is 4.98 Å². The van der Waals surface area contributed by atoms with Gasteiger partial charge in [-0.2, -0.15) is 0 Å². The van der Waals surface area contributed by atoms with Crippen LogP contribution < -0.4 is 4.74 Å². The van der Waals surface area contributed by atoms with E-state index in [0.29, 0.717) is 12.5 Å². The summed E-state index contributed by atoms with van der Waals surface area (Å²) in [6.45, 7) is 2.39. The fraction of sp³-hybridized carbons (Fsp3) is 0.583. The largest absolute Gasteiger partial charge is 0.477 e. The Bertz CT molecular complexity index is 343. The first kappa shape index (κ1) is 11.3. The van der Waals surface area contributed by atoms with Crippen molar-refractivity contribution in [2.75, 3.05) is 6.61 Å². The maximum Gasteiger partial charge on any atom is 0.248 e. The van der Waals surface area contributed by atoms with E-state index >= 15 is 0 Å². The molecule has 1 saturated carbocycles. The Morgan fingerprint density at radius 2 is 2.19 bits per heavy atom. The molecule has 1 aliphatic carbocycles. The van der Waals surface area contributed by atoms with Crippen LogP contribution in [0.2, 0.25) is 0 Å². The molecule has 1 heterocycles. The molecule has 0 bridgehead atoms. The van der Waals surface area contributed by atoms with E-state index in [1.807, 2.05) is 13.0 Å². The molecule has 0 N–H and O–H groups in total. The molecule has 0 amide bonds. The molecule has 0 saturated heterocycles. The molecule has 1 fully saturated rings. The van der Waals surface area contributed by atoms with Gasteiger partial charge in [0.15, 0.2) is 0 Å². The molecule has 4 heteroatoms. The molecule has 2 nitrogen and oxygen atoms in total. The molecular formula is C12H15F2NO. The van der Waals surface area contributed by atoms with Crippen LogP contribution in [0.15, 0.2) is 18.3 Å². The zero-order valence-electron chi connectivity index (χ0n) is 9.25. The van der Waals surface area contributed by atoms with Gasteiger partial charge in [-0.05, 0) is 12.0 Å². The number of rotatable bonds is 4. The first-order chi connectivity index (χ1) is 7.59. The van der Waals surface area contributed by atoms with Crippen LogP contribution in [0.5, 0.6) is 5.88 Å². The quantitative estimate of drug-likeness (QED) is 0.788. The Kier molecular flexibility index (Phi) is 3.08. The van der Waals surface area contributed by atoms with E-state index in [-0.39, 0.29) is 18.8 Å². The Morgan fingerprint density at radius 1 is 1.44 bits per heavy atom. The molecule has 0 atom stereocenters. The standard InChI is InChI=1S/C12H15F2NO/c1-2-9-3-4-11(15-7-9)16-8-10-5-12(13,14)6-10/h3-4,7,10H,2,5-6,8H2,1H3. The van der Waals surface area contributed by atoms with Gasteiger partial charge in [-0.25, -0.2) is 13.8 Å². The zero-order chi connectivity index (χ0) is 11.6. The van der Waals surface area contributed by atoms with E-state index in [4.69, 9.17) is 4.74 Å². The summed E-state index contributed by atoms with van der Waals surface area (Å²) in [5, 5.41) is 0. The van der Waals surface area contributed by atoms with E-state index in [2.05, 4.69) is 4.98 Å². The smallest absolute Gasteiger partial charge is 0.248 e. The molecule has 2 rings (SSSR count). The van der Waals surface area contributed by atoms with Gasteiger partial charge in [-0.3, -0.25) is 0 Å². The number of hydrogen-bond acceptors (Lipinski definition) is 2. The number of ether oxygens (including phenoxy) is 1. The summed E-state index contributed by atoms with van der Waals surface area (Å²) >= 11 is 0. The second-order valence-corrected chi connectivity index (χ2v) is 4.30. The Labute approximate surface area is 93.6 Å². The van der Waals surface area contributed by atoms with Crippen LogP contribution in [0.25, 0.3) is 0 Å². The topological polar surface area (TPSA) is 22.1 Å². The van der Waals surface area contributed by atoms with Gasteiger partial charge in [0.05, 0.1) is 6.61 Å². The number of aryl methyl sites for hydroxylation is 1. The van der Waals surface area contributed by atoms with Crippen LogP contribution >= 0.6 is 0 Å². The second kappa shape index (κ2) is 4.36. The van der Waals surface area contributed by atoms with Gasteiger partial charge in [-0.15, -0.1) is 0 Å². The number of hydrogen-bond donors (Lipinski definition) is 0. The van der Waals surface area contributed by atoms with Gasteiger partial charge < -0.3 is 4.74 Å². The molecule has 0 aliphatic heterocycles. The van der Waals surface area contributed by atoms with Crippen LogP contribution in [0.4, 0.5) is 8.78 Å². The van der Waals surface area contributed by atoms with Crippen molar-refractivity contribution in [3.63, 3.8) is 0 Å². The Hall–Kier alpha value is -1.19. The summed E-state index contributed by atoms with van der Waals surface area (Å²) in [5.41, 5.74) is 1.14. The summed E-state index contributed by atoms with van der Waals surface area (Å²) in [6, 6.07) is 3.73. The van der Waals surface area contributed by atoms with Crippen molar-refractivity contribution in [3.05, 3.63) is 23.9 Å². The number of aromatic nitrogens is 1. The van der Waals surface area contributed by atoms with E-state index in [9.17, 15) is 8.78 Å². The molecule has 1 aromatic rings. The Balaban J connectivity index is 1.77. The van der Waals surface area contributed by atoms with E-state index in [1.54, 1.807) is 12.3 Å². The van der Waals surface area contributed by atoms with Gasteiger partial charge in [0.2, 0.25) is 11.8 Å². The molecule has 16 heavy (non-hydrogen) atoms. The second-order valence-electron chi connectivity index (χ2n) is 4.30. The van der Waals surface area contributed by atoms with Crippen molar-refractivity contribution in [1.29, 1.82) is 0 Å². The summed E-state index contributed by atoms with van der Waals surface area (Å²) in [7, 11) is 0. The van der Waals surface area contributed by atoms with Crippen molar-refractivity contribution in [2.45, 2.75) is 32.1 Å². The SMILES string of the molecule is CCc1ccc(OCC2CC(F)(F)C2)nc1. The van der Waals surface area contributed by atoms with Gasteiger partial charge in [0.25, 0.3) is 0 Å². The van der Waals surface area contributed by atoms with Crippen molar-refractivity contribution >= 4 is 0 Å². The maximum atomic E-state index is 12.5. The molecule has 1 aliphatic rings. The summed E-state index contributed by atoms with van der Waals surface area (Å²) in [5.74, 6) is -1.97. The molecule has 1 aromatic heterocycles. The highest BCUT2D eigenvalue weighted by molar-refractivity contribution is 5.17. The van der Waals surface area contributed by atoms with Gasteiger partial charge in [0.1, 0.15) is 0 Å². The lowest BCUT2D eigenvalue weighted by atomic mass is 9.82. The normalized spacial score (nSPS) is 19.2. The third kappa shape index (κ3) is 2.68. The highest BCUT2D eigenvalue weighted by atomic mass is 19.3.